The second kappa shape index (κ2) is 9.36. The summed E-state index contributed by atoms with van der Waals surface area (Å²) in [5.74, 6) is 1.11. The lowest BCUT2D eigenvalue weighted by Gasteiger charge is -2.14. The average molecular weight is 443 g/mol. The average Bonchev–Trinajstić information content (AvgIpc) is 2.76. The molecule has 0 atom stereocenters. The van der Waals surface area contributed by atoms with Gasteiger partial charge in [-0.2, -0.15) is 0 Å². The molecule has 1 amide bonds. The van der Waals surface area contributed by atoms with Gasteiger partial charge in [0.15, 0.2) is 11.5 Å². The number of nitrogens with one attached hydrogen (secondary N) is 1. The van der Waals surface area contributed by atoms with Crippen molar-refractivity contribution in [3.8, 4) is 23.0 Å². The molecule has 0 saturated carbocycles. The zero-order chi connectivity index (χ0) is 22.5. The van der Waals surface area contributed by atoms with Crippen molar-refractivity contribution in [3.63, 3.8) is 0 Å². The van der Waals surface area contributed by atoms with Crippen LogP contribution in [0.15, 0.2) is 54.6 Å². The Bertz CT molecular complexity index is 1130. The van der Waals surface area contributed by atoms with E-state index in [-0.39, 0.29) is 22.4 Å². The first-order valence-corrected chi connectivity index (χ1v) is 9.46. The summed E-state index contributed by atoms with van der Waals surface area (Å²) in [5, 5.41) is 14.3. The number of carbonyl (C=O) groups is 1. The van der Waals surface area contributed by atoms with Crippen molar-refractivity contribution in [2.45, 2.75) is 6.92 Å². The Morgan fingerprint density at radius 1 is 0.968 bits per heavy atom. The molecule has 0 aliphatic carbocycles. The molecule has 160 valence electrons. The number of ether oxygens (including phenoxy) is 3. The summed E-state index contributed by atoms with van der Waals surface area (Å²) in [7, 11) is 3.06. The van der Waals surface area contributed by atoms with Gasteiger partial charge in [-0.15, -0.1) is 0 Å². The van der Waals surface area contributed by atoms with Gasteiger partial charge in [0.05, 0.1) is 19.1 Å². The van der Waals surface area contributed by atoms with Gasteiger partial charge in [0.2, 0.25) is 5.75 Å². The van der Waals surface area contributed by atoms with Crippen LogP contribution in [0, 0.1) is 17.0 Å². The molecule has 0 aromatic heterocycles. The summed E-state index contributed by atoms with van der Waals surface area (Å²) in [4.78, 5) is 23.3. The number of nitrogens with zero attached hydrogens (tertiary/aromatic N) is 1. The largest absolute Gasteiger partial charge is 0.493 e. The third-order valence-electron chi connectivity index (χ3n) is 4.44. The van der Waals surface area contributed by atoms with Gasteiger partial charge in [-0.1, -0.05) is 11.6 Å². The van der Waals surface area contributed by atoms with Gasteiger partial charge < -0.3 is 19.5 Å². The SMILES string of the molecule is COc1cc(C)c(NC(=O)c2ccc(Oc3ccc(Cl)cc3[N+](=O)[O-])cc2)cc1OC. The van der Waals surface area contributed by atoms with E-state index in [2.05, 4.69) is 5.32 Å². The Labute approximate surface area is 183 Å². The topological polar surface area (TPSA) is 99.9 Å². The highest BCUT2D eigenvalue weighted by Crippen LogP contribution is 2.34. The van der Waals surface area contributed by atoms with Gasteiger partial charge >= 0.3 is 5.69 Å². The third kappa shape index (κ3) is 5.04. The summed E-state index contributed by atoms with van der Waals surface area (Å²) in [6.45, 7) is 1.84. The number of carbonyl (C=O) groups excluding carboxylic acids is 1. The molecule has 1 N–H and O–H groups in total. The van der Waals surface area contributed by atoms with Crippen molar-refractivity contribution in [1.82, 2.24) is 0 Å². The van der Waals surface area contributed by atoms with Crippen LogP contribution in [0.5, 0.6) is 23.0 Å². The van der Waals surface area contributed by atoms with Gasteiger partial charge in [-0.25, -0.2) is 0 Å². The minimum atomic E-state index is -0.575. The number of aryl methyl sites for hydroxylation is 1. The normalized spacial score (nSPS) is 10.3. The zero-order valence-corrected chi connectivity index (χ0v) is 17.7. The quantitative estimate of drug-likeness (QED) is 0.376. The molecule has 0 radical (unpaired) electrons. The fraction of sp³-hybridized carbons (Fsp3) is 0.136. The number of halogens is 1. The Balaban J connectivity index is 1.77. The van der Waals surface area contributed by atoms with Crippen LogP contribution in [-0.2, 0) is 0 Å². The Kier molecular flexibility index (Phi) is 6.61. The van der Waals surface area contributed by atoms with E-state index < -0.39 is 4.92 Å². The minimum Gasteiger partial charge on any atom is -0.493 e. The van der Waals surface area contributed by atoms with Crippen LogP contribution < -0.4 is 19.5 Å². The van der Waals surface area contributed by atoms with Crippen molar-refractivity contribution < 1.29 is 23.9 Å². The summed E-state index contributed by atoms with van der Waals surface area (Å²) in [5.41, 5.74) is 1.52. The number of benzene rings is 3. The lowest BCUT2D eigenvalue weighted by molar-refractivity contribution is -0.385. The van der Waals surface area contributed by atoms with Crippen LogP contribution in [-0.4, -0.2) is 25.1 Å². The van der Waals surface area contributed by atoms with Crippen molar-refractivity contribution in [3.05, 3.63) is 80.9 Å². The molecule has 0 aliphatic heterocycles. The van der Waals surface area contributed by atoms with E-state index in [0.717, 1.165) is 5.56 Å². The number of methoxy groups -OCH3 is 2. The zero-order valence-electron chi connectivity index (χ0n) is 17.0. The van der Waals surface area contributed by atoms with Crippen LogP contribution in [0.1, 0.15) is 15.9 Å². The second-order valence-corrected chi connectivity index (χ2v) is 6.91. The maximum Gasteiger partial charge on any atom is 0.313 e. The molecule has 8 nitrogen and oxygen atoms in total. The highest BCUT2D eigenvalue weighted by Gasteiger charge is 2.17. The number of anilines is 1. The Hall–Kier alpha value is -3.78. The van der Waals surface area contributed by atoms with Crippen molar-refractivity contribution in [1.29, 1.82) is 0 Å². The molecule has 3 rings (SSSR count). The first kappa shape index (κ1) is 21.9. The number of rotatable bonds is 7. The molecule has 0 saturated heterocycles. The predicted molar refractivity (Wildman–Crippen MR) is 117 cm³/mol. The van der Waals surface area contributed by atoms with Crippen LogP contribution in [0.4, 0.5) is 11.4 Å². The van der Waals surface area contributed by atoms with Crippen molar-refractivity contribution >= 4 is 28.9 Å². The maximum absolute atomic E-state index is 12.6. The maximum atomic E-state index is 12.6. The van der Waals surface area contributed by atoms with Gasteiger partial charge in [-0.3, -0.25) is 14.9 Å². The Morgan fingerprint density at radius 3 is 2.23 bits per heavy atom. The summed E-state index contributed by atoms with van der Waals surface area (Å²) in [6.07, 6.45) is 0. The molecule has 31 heavy (non-hydrogen) atoms. The fourth-order valence-electron chi connectivity index (χ4n) is 2.83. The lowest BCUT2D eigenvalue weighted by Crippen LogP contribution is -2.13. The molecule has 3 aromatic carbocycles. The van der Waals surface area contributed by atoms with Crippen LogP contribution in [0.3, 0.4) is 0 Å². The fourth-order valence-corrected chi connectivity index (χ4v) is 3.00. The predicted octanol–water partition coefficient (Wildman–Crippen LogP) is 5.62. The van der Waals surface area contributed by atoms with E-state index in [4.69, 9.17) is 25.8 Å². The van der Waals surface area contributed by atoms with E-state index in [1.807, 2.05) is 6.92 Å². The standard InChI is InChI=1S/C22H19ClN2O6/c1-13-10-20(29-2)21(30-3)12-17(13)24-22(26)14-4-7-16(8-5-14)31-19-9-6-15(23)11-18(19)25(27)28/h4-12H,1-3H3,(H,24,26). The number of hydrogen-bond donors (Lipinski definition) is 1. The number of hydrogen-bond acceptors (Lipinski definition) is 6. The van der Waals surface area contributed by atoms with Gasteiger partial charge in [-0.05, 0) is 55.0 Å². The van der Waals surface area contributed by atoms with Crippen LogP contribution in [0.25, 0.3) is 0 Å². The first-order chi connectivity index (χ1) is 14.8. The summed E-state index contributed by atoms with van der Waals surface area (Å²) >= 11 is 5.81. The van der Waals surface area contributed by atoms with E-state index in [1.54, 1.807) is 36.4 Å². The van der Waals surface area contributed by atoms with Gasteiger partial charge in [0.1, 0.15) is 5.75 Å². The molecule has 3 aromatic rings. The molecule has 9 heteroatoms. The second-order valence-electron chi connectivity index (χ2n) is 6.47. The molecule has 0 fully saturated rings. The molecule has 0 aliphatic rings. The molecule has 0 bridgehead atoms. The van der Waals surface area contributed by atoms with E-state index >= 15 is 0 Å². The third-order valence-corrected chi connectivity index (χ3v) is 4.68. The van der Waals surface area contributed by atoms with Gasteiger partial charge in [0.25, 0.3) is 5.91 Å². The number of nitro groups is 1. The van der Waals surface area contributed by atoms with E-state index in [1.165, 1.54) is 32.4 Å². The van der Waals surface area contributed by atoms with Gasteiger partial charge in [0, 0.05) is 28.4 Å². The molecular weight excluding hydrogens is 424 g/mol. The number of nitro benzene ring substituents is 1. The molecule has 0 spiro atoms. The van der Waals surface area contributed by atoms with E-state index in [0.29, 0.717) is 28.5 Å². The van der Waals surface area contributed by atoms with Crippen molar-refractivity contribution in [2.24, 2.45) is 0 Å². The first-order valence-electron chi connectivity index (χ1n) is 9.08. The van der Waals surface area contributed by atoms with Crippen molar-refractivity contribution in [2.75, 3.05) is 19.5 Å². The monoisotopic (exact) mass is 442 g/mol. The highest BCUT2D eigenvalue weighted by atomic mass is 35.5. The number of amides is 1. The van der Waals surface area contributed by atoms with Crippen LogP contribution >= 0.6 is 11.6 Å². The van der Waals surface area contributed by atoms with Crippen LogP contribution in [0.2, 0.25) is 5.02 Å². The highest BCUT2D eigenvalue weighted by molar-refractivity contribution is 6.30. The minimum absolute atomic E-state index is 0.0487. The molecular formula is C22H19ClN2O6. The summed E-state index contributed by atoms with van der Waals surface area (Å²) < 4.78 is 16.1. The summed E-state index contributed by atoms with van der Waals surface area (Å²) in [6, 6.07) is 13.8. The van der Waals surface area contributed by atoms with E-state index in [9.17, 15) is 14.9 Å². The molecule has 0 unspecified atom stereocenters. The smallest absolute Gasteiger partial charge is 0.313 e. The molecule has 0 heterocycles. The Morgan fingerprint density at radius 2 is 1.61 bits per heavy atom. The lowest BCUT2D eigenvalue weighted by atomic mass is 10.1.